The van der Waals surface area contributed by atoms with Gasteiger partial charge in [0.05, 0.1) is 12.2 Å². The minimum absolute atomic E-state index is 0.205. The van der Waals surface area contributed by atoms with Gasteiger partial charge in [-0.05, 0) is 10.2 Å². The second kappa shape index (κ2) is 6.18. The number of hydrogen-bond donors (Lipinski definition) is 4. The fourth-order valence-electron chi connectivity index (χ4n) is 1.99. The first-order chi connectivity index (χ1) is 9.49. The van der Waals surface area contributed by atoms with E-state index in [1.54, 1.807) is 4.08 Å². The molecule has 1 aliphatic heterocycles. The van der Waals surface area contributed by atoms with Gasteiger partial charge in [-0.15, -0.1) is 0 Å². The Bertz CT molecular complexity index is 624. The summed E-state index contributed by atoms with van der Waals surface area (Å²) in [5, 5.41) is 28.6. The quantitative estimate of drug-likeness (QED) is 0.464. The van der Waals surface area contributed by atoms with E-state index in [0.29, 0.717) is 0 Å². The highest BCUT2D eigenvalue weighted by Crippen LogP contribution is 2.27. The van der Waals surface area contributed by atoms with Crippen LogP contribution in [0.3, 0.4) is 0 Å². The maximum Gasteiger partial charge on any atom is 0.330 e. The van der Waals surface area contributed by atoms with Gasteiger partial charge in [-0.2, -0.15) is 0 Å². The molecule has 0 aromatic carbocycles. The normalized spacial score (nSPS) is 30.2. The molecular formula is C11H13IN2O6. The maximum atomic E-state index is 11.8. The Kier molecular flexibility index (Phi) is 4.75. The second-order valence-electron chi connectivity index (χ2n) is 4.27. The molecule has 1 fully saturated rings. The average molecular weight is 396 g/mol. The van der Waals surface area contributed by atoms with Crippen LogP contribution in [0.5, 0.6) is 0 Å². The van der Waals surface area contributed by atoms with Crippen molar-refractivity contribution >= 4 is 28.7 Å². The highest BCUT2D eigenvalue weighted by Gasteiger charge is 2.43. The van der Waals surface area contributed by atoms with E-state index in [1.165, 1.54) is 12.3 Å². The molecule has 1 aromatic rings. The van der Waals surface area contributed by atoms with Crippen LogP contribution in [0.1, 0.15) is 11.8 Å². The van der Waals surface area contributed by atoms with Crippen molar-refractivity contribution in [3.05, 3.63) is 36.7 Å². The smallest absolute Gasteiger partial charge is 0.330 e. The van der Waals surface area contributed by atoms with Crippen molar-refractivity contribution in [2.45, 2.75) is 24.5 Å². The van der Waals surface area contributed by atoms with E-state index in [1.807, 2.05) is 22.6 Å². The number of aliphatic hydroxyl groups excluding tert-OH is 3. The number of aromatic nitrogens is 2. The summed E-state index contributed by atoms with van der Waals surface area (Å²) >= 11 is 1.92. The van der Waals surface area contributed by atoms with Crippen LogP contribution in [-0.4, -0.2) is 49.8 Å². The summed E-state index contributed by atoms with van der Waals surface area (Å²) in [5.41, 5.74) is -1.13. The number of nitrogens with zero attached hydrogens (tertiary/aromatic N) is 1. The van der Waals surface area contributed by atoms with E-state index >= 15 is 0 Å². The maximum absolute atomic E-state index is 11.8. The molecular weight excluding hydrogens is 383 g/mol. The minimum atomic E-state index is -1.38. The number of H-pyrrole nitrogens is 1. The Morgan fingerprint density at radius 3 is 2.65 bits per heavy atom. The van der Waals surface area contributed by atoms with E-state index in [-0.39, 0.29) is 5.56 Å². The third-order valence-electron chi connectivity index (χ3n) is 3.03. The molecule has 0 radical (unpaired) electrons. The number of ether oxygens (including phenoxy) is 1. The lowest BCUT2D eigenvalue weighted by Crippen LogP contribution is -2.38. The Balaban J connectivity index is 2.46. The standard InChI is InChI=1S/C11H13IN2O6/c12-2-1-5-3-14(11(19)13-9(5)18)10-8(17)7(16)6(4-15)20-10/h1-3,6-8,10,15-17H,4H2,(H,13,18,19)/t6-,7+,8-,10-/m1/s1. The van der Waals surface area contributed by atoms with Crippen LogP contribution in [-0.2, 0) is 4.74 Å². The van der Waals surface area contributed by atoms with Crippen molar-refractivity contribution in [3.63, 3.8) is 0 Å². The lowest BCUT2D eigenvalue weighted by Gasteiger charge is -2.17. The Labute approximate surface area is 126 Å². The molecule has 110 valence electrons. The molecule has 4 N–H and O–H groups in total. The molecule has 20 heavy (non-hydrogen) atoms. The lowest BCUT2D eigenvalue weighted by atomic mass is 10.1. The first-order valence-electron chi connectivity index (χ1n) is 5.74. The molecule has 1 aliphatic rings. The largest absolute Gasteiger partial charge is 0.394 e. The Morgan fingerprint density at radius 1 is 1.40 bits per heavy atom. The second-order valence-corrected chi connectivity index (χ2v) is 4.99. The Hall–Kier alpha value is -1.01. The molecule has 0 bridgehead atoms. The van der Waals surface area contributed by atoms with Crippen molar-refractivity contribution < 1.29 is 20.1 Å². The number of aromatic amines is 1. The van der Waals surface area contributed by atoms with Gasteiger partial charge in [-0.3, -0.25) is 14.3 Å². The summed E-state index contributed by atoms with van der Waals surface area (Å²) < 4.78 is 7.81. The van der Waals surface area contributed by atoms with E-state index in [2.05, 4.69) is 4.98 Å². The van der Waals surface area contributed by atoms with Crippen LogP contribution in [0.2, 0.25) is 0 Å². The summed E-state index contributed by atoms with van der Waals surface area (Å²) in [6, 6.07) is 0. The van der Waals surface area contributed by atoms with Gasteiger partial charge in [0.1, 0.15) is 18.3 Å². The highest BCUT2D eigenvalue weighted by atomic mass is 127. The van der Waals surface area contributed by atoms with Gasteiger partial charge in [0.2, 0.25) is 0 Å². The molecule has 0 aliphatic carbocycles. The molecule has 9 heteroatoms. The molecule has 4 atom stereocenters. The SMILES string of the molecule is O=c1[nH]c(=O)n([C@@H]2O[C@H](CO)[C@H](O)[C@H]2O)cc1C=CI. The van der Waals surface area contributed by atoms with Gasteiger partial charge in [-0.1, -0.05) is 22.6 Å². The first-order valence-corrected chi connectivity index (χ1v) is 6.99. The average Bonchev–Trinajstić information content (AvgIpc) is 2.70. The van der Waals surface area contributed by atoms with Crippen LogP contribution in [0.4, 0.5) is 0 Å². The van der Waals surface area contributed by atoms with Gasteiger partial charge in [-0.25, -0.2) is 4.79 Å². The third kappa shape index (κ3) is 2.72. The van der Waals surface area contributed by atoms with Gasteiger partial charge in [0.25, 0.3) is 5.56 Å². The zero-order chi connectivity index (χ0) is 14.9. The fraction of sp³-hybridized carbons (Fsp3) is 0.455. The van der Waals surface area contributed by atoms with Gasteiger partial charge < -0.3 is 20.1 Å². The number of aliphatic hydroxyl groups is 3. The van der Waals surface area contributed by atoms with Crippen LogP contribution in [0.25, 0.3) is 6.08 Å². The van der Waals surface area contributed by atoms with Crippen molar-refractivity contribution in [1.82, 2.24) is 9.55 Å². The number of hydrogen-bond acceptors (Lipinski definition) is 6. The zero-order valence-corrected chi connectivity index (χ0v) is 12.3. The summed E-state index contributed by atoms with van der Waals surface area (Å²) in [4.78, 5) is 25.4. The summed E-state index contributed by atoms with van der Waals surface area (Å²) in [6.07, 6.45) is -2.14. The van der Waals surface area contributed by atoms with E-state index < -0.39 is 42.4 Å². The Morgan fingerprint density at radius 2 is 2.10 bits per heavy atom. The summed E-state index contributed by atoms with van der Waals surface area (Å²) in [6.45, 7) is -0.493. The molecule has 0 spiro atoms. The van der Waals surface area contributed by atoms with E-state index in [4.69, 9.17) is 9.84 Å². The van der Waals surface area contributed by atoms with Gasteiger partial charge in [0.15, 0.2) is 6.23 Å². The molecule has 2 rings (SSSR count). The fourth-order valence-corrected chi connectivity index (χ4v) is 2.37. The lowest BCUT2D eigenvalue weighted by molar-refractivity contribution is -0.0550. The topological polar surface area (TPSA) is 125 Å². The molecule has 1 saturated heterocycles. The predicted octanol–water partition coefficient (Wildman–Crippen LogP) is -1.45. The molecule has 0 amide bonds. The van der Waals surface area contributed by atoms with Crippen molar-refractivity contribution in [1.29, 1.82) is 0 Å². The molecule has 1 aromatic heterocycles. The first kappa shape index (κ1) is 15.4. The van der Waals surface area contributed by atoms with Crippen LogP contribution in [0.15, 0.2) is 19.9 Å². The van der Waals surface area contributed by atoms with Crippen LogP contribution >= 0.6 is 22.6 Å². The van der Waals surface area contributed by atoms with E-state index in [0.717, 1.165) is 4.57 Å². The van der Waals surface area contributed by atoms with Crippen LogP contribution in [0, 0.1) is 0 Å². The number of rotatable bonds is 3. The third-order valence-corrected chi connectivity index (χ3v) is 3.39. The van der Waals surface area contributed by atoms with Crippen molar-refractivity contribution in [2.24, 2.45) is 0 Å². The number of halogens is 1. The molecule has 8 nitrogen and oxygen atoms in total. The summed E-state index contributed by atoms with van der Waals surface area (Å²) in [5.74, 6) is 0. The molecule has 2 heterocycles. The monoisotopic (exact) mass is 396 g/mol. The number of nitrogens with one attached hydrogen (secondary N) is 1. The molecule has 0 saturated carbocycles. The summed E-state index contributed by atoms with van der Waals surface area (Å²) in [7, 11) is 0. The van der Waals surface area contributed by atoms with Crippen molar-refractivity contribution in [2.75, 3.05) is 6.61 Å². The van der Waals surface area contributed by atoms with E-state index in [9.17, 15) is 19.8 Å². The predicted molar refractivity (Wildman–Crippen MR) is 77.4 cm³/mol. The van der Waals surface area contributed by atoms with Crippen LogP contribution < -0.4 is 11.2 Å². The molecule has 0 unspecified atom stereocenters. The van der Waals surface area contributed by atoms with Gasteiger partial charge >= 0.3 is 5.69 Å². The minimum Gasteiger partial charge on any atom is -0.394 e. The van der Waals surface area contributed by atoms with Crippen molar-refractivity contribution in [3.8, 4) is 0 Å². The van der Waals surface area contributed by atoms with Gasteiger partial charge in [0, 0.05) is 6.20 Å². The highest BCUT2D eigenvalue weighted by molar-refractivity contribution is 14.1. The zero-order valence-electron chi connectivity index (χ0n) is 10.1.